The topological polar surface area (TPSA) is 0 Å². The molecular formula is C11H24S2. The van der Waals surface area contributed by atoms with E-state index in [0.29, 0.717) is 5.41 Å². The first-order chi connectivity index (χ1) is 6.24. The summed E-state index contributed by atoms with van der Waals surface area (Å²) in [7, 11) is 0. The number of thioether (sulfide) groups is 1. The molecule has 13 heavy (non-hydrogen) atoms. The maximum Gasteiger partial charge on any atom is -0.000310 e. The van der Waals surface area contributed by atoms with Crippen LogP contribution >= 0.6 is 24.4 Å². The molecule has 0 aromatic carbocycles. The molecule has 0 N–H and O–H groups in total. The molecule has 80 valence electrons. The van der Waals surface area contributed by atoms with Gasteiger partial charge in [0.15, 0.2) is 0 Å². The summed E-state index contributed by atoms with van der Waals surface area (Å²) in [5.41, 5.74) is 0.521. The summed E-state index contributed by atoms with van der Waals surface area (Å²) in [6.45, 7) is 6.81. The molecule has 0 amide bonds. The number of thiol groups is 1. The van der Waals surface area contributed by atoms with Crippen molar-refractivity contribution in [1.82, 2.24) is 0 Å². The molecule has 0 unspecified atom stereocenters. The highest BCUT2D eigenvalue weighted by atomic mass is 32.2. The van der Waals surface area contributed by atoms with Crippen molar-refractivity contribution in [3.63, 3.8) is 0 Å². The summed E-state index contributed by atoms with van der Waals surface area (Å²) in [6, 6.07) is 0. The summed E-state index contributed by atoms with van der Waals surface area (Å²) < 4.78 is 0. The van der Waals surface area contributed by atoms with Gasteiger partial charge in [-0.15, -0.1) is 0 Å². The van der Waals surface area contributed by atoms with E-state index < -0.39 is 0 Å². The zero-order valence-electron chi connectivity index (χ0n) is 9.31. The first kappa shape index (κ1) is 13.7. The number of hydrogen-bond donors (Lipinski definition) is 1. The van der Waals surface area contributed by atoms with Gasteiger partial charge in [0.1, 0.15) is 0 Å². The maximum absolute atomic E-state index is 4.53. The van der Waals surface area contributed by atoms with E-state index in [1.165, 1.54) is 37.2 Å². The Morgan fingerprint density at radius 2 is 1.62 bits per heavy atom. The molecule has 0 heterocycles. The lowest BCUT2D eigenvalue weighted by molar-refractivity contribution is 0.318. The van der Waals surface area contributed by atoms with Gasteiger partial charge >= 0.3 is 0 Å². The highest BCUT2D eigenvalue weighted by molar-refractivity contribution is 7.99. The lowest BCUT2D eigenvalue weighted by Gasteiger charge is -2.31. The maximum atomic E-state index is 4.53. The van der Waals surface area contributed by atoms with Crippen molar-refractivity contribution < 1.29 is 0 Å². The van der Waals surface area contributed by atoms with Crippen molar-refractivity contribution in [2.24, 2.45) is 5.41 Å². The van der Waals surface area contributed by atoms with Crippen LogP contribution in [0.25, 0.3) is 0 Å². The molecule has 0 aromatic heterocycles. The minimum Gasteiger partial charge on any atom is -0.179 e. The molecule has 0 saturated carbocycles. The van der Waals surface area contributed by atoms with E-state index in [4.69, 9.17) is 0 Å². The SMILES string of the molecule is CCCC(CS)(CCC)CSCC. The molecule has 0 bridgehead atoms. The normalized spacial score (nSPS) is 12.0. The average Bonchev–Trinajstić information content (AvgIpc) is 2.15. The van der Waals surface area contributed by atoms with Crippen LogP contribution in [0.1, 0.15) is 46.5 Å². The van der Waals surface area contributed by atoms with E-state index in [1.54, 1.807) is 0 Å². The predicted molar refractivity (Wildman–Crippen MR) is 69.1 cm³/mol. The van der Waals surface area contributed by atoms with Crippen molar-refractivity contribution in [2.45, 2.75) is 46.5 Å². The number of hydrogen-bond acceptors (Lipinski definition) is 2. The van der Waals surface area contributed by atoms with Crippen molar-refractivity contribution >= 4 is 24.4 Å². The molecule has 0 spiro atoms. The fourth-order valence-electron chi connectivity index (χ4n) is 1.85. The molecule has 0 aromatic rings. The third-order valence-corrected chi connectivity index (χ3v) is 4.40. The largest absolute Gasteiger partial charge is 0.179 e. The third-order valence-electron chi connectivity index (χ3n) is 2.51. The van der Waals surface area contributed by atoms with Crippen LogP contribution < -0.4 is 0 Å². The van der Waals surface area contributed by atoms with E-state index >= 15 is 0 Å². The van der Waals surface area contributed by atoms with E-state index in [2.05, 4.69) is 45.2 Å². The zero-order chi connectivity index (χ0) is 10.2. The molecule has 0 fully saturated rings. The smallest absolute Gasteiger partial charge is 0.000310 e. The Bertz CT molecular complexity index is 107. The molecule has 0 nitrogen and oxygen atoms in total. The Labute approximate surface area is 93.7 Å². The van der Waals surface area contributed by atoms with Crippen LogP contribution in [0.4, 0.5) is 0 Å². The molecule has 0 saturated heterocycles. The van der Waals surface area contributed by atoms with Gasteiger partial charge in [-0.25, -0.2) is 0 Å². The summed E-state index contributed by atoms with van der Waals surface area (Å²) in [5, 5.41) is 0. The zero-order valence-corrected chi connectivity index (χ0v) is 11.0. The van der Waals surface area contributed by atoms with Crippen LogP contribution in [-0.2, 0) is 0 Å². The van der Waals surface area contributed by atoms with Crippen LogP contribution in [0, 0.1) is 5.41 Å². The summed E-state index contributed by atoms with van der Waals surface area (Å²) >= 11 is 6.60. The molecular weight excluding hydrogens is 196 g/mol. The van der Waals surface area contributed by atoms with Gasteiger partial charge < -0.3 is 0 Å². The van der Waals surface area contributed by atoms with Crippen LogP contribution in [0.3, 0.4) is 0 Å². The lowest BCUT2D eigenvalue weighted by Crippen LogP contribution is -2.26. The standard InChI is InChI=1S/C11H24S2/c1-4-7-11(9-12,8-5-2)10-13-6-3/h12H,4-10H2,1-3H3. The van der Waals surface area contributed by atoms with Gasteiger partial charge in [-0.2, -0.15) is 24.4 Å². The Kier molecular flexibility index (Phi) is 8.48. The highest BCUT2D eigenvalue weighted by Gasteiger charge is 2.26. The van der Waals surface area contributed by atoms with Crippen LogP contribution in [0.15, 0.2) is 0 Å². The first-order valence-corrected chi connectivity index (χ1v) is 7.22. The monoisotopic (exact) mass is 220 g/mol. The van der Waals surface area contributed by atoms with Crippen molar-refractivity contribution in [2.75, 3.05) is 17.3 Å². The van der Waals surface area contributed by atoms with Gasteiger partial charge in [-0.05, 0) is 35.5 Å². The Balaban J connectivity index is 4.07. The van der Waals surface area contributed by atoms with Crippen molar-refractivity contribution in [3.05, 3.63) is 0 Å². The van der Waals surface area contributed by atoms with Crippen LogP contribution in [0.5, 0.6) is 0 Å². The van der Waals surface area contributed by atoms with Gasteiger partial charge in [-0.3, -0.25) is 0 Å². The molecule has 0 radical (unpaired) electrons. The molecule has 0 rings (SSSR count). The van der Waals surface area contributed by atoms with Gasteiger partial charge in [0.05, 0.1) is 0 Å². The third kappa shape index (κ3) is 5.21. The van der Waals surface area contributed by atoms with Crippen molar-refractivity contribution in [3.8, 4) is 0 Å². The fraction of sp³-hybridized carbons (Fsp3) is 1.00. The lowest BCUT2D eigenvalue weighted by atomic mass is 9.83. The quantitative estimate of drug-likeness (QED) is 0.597. The second-order valence-corrected chi connectivity index (χ2v) is 5.39. The van der Waals surface area contributed by atoms with Gasteiger partial charge in [0.25, 0.3) is 0 Å². The first-order valence-electron chi connectivity index (χ1n) is 5.43. The van der Waals surface area contributed by atoms with Gasteiger partial charge in [0, 0.05) is 0 Å². The van der Waals surface area contributed by atoms with Crippen molar-refractivity contribution in [1.29, 1.82) is 0 Å². The van der Waals surface area contributed by atoms with E-state index in [0.717, 1.165) is 5.75 Å². The summed E-state index contributed by atoms with van der Waals surface area (Å²) in [5.74, 6) is 3.60. The summed E-state index contributed by atoms with van der Waals surface area (Å²) in [4.78, 5) is 0. The minimum atomic E-state index is 0.521. The highest BCUT2D eigenvalue weighted by Crippen LogP contribution is 2.34. The van der Waals surface area contributed by atoms with Gasteiger partial charge in [0.2, 0.25) is 0 Å². The second-order valence-electron chi connectivity index (χ2n) is 3.80. The van der Waals surface area contributed by atoms with E-state index in [-0.39, 0.29) is 0 Å². The van der Waals surface area contributed by atoms with Gasteiger partial charge in [-0.1, -0.05) is 33.6 Å². The fourth-order valence-corrected chi connectivity index (χ4v) is 3.46. The minimum absolute atomic E-state index is 0.521. The van der Waals surface area contributed by atoms with Crippen LogP contribution in [0.2, 0.25) is 0 Å². The van der Waals surface area contributed by atoms with Crippen LogP contribution in [-0.4, -0.2) is 17.3 Å². The molecule has 0 atom stereocenters. The van der Waals surface area contributed by atoms with E-state index in [9.17, 15) is 0 Å². The Hall–Kier alpha value is 0.700. The molecule has 2 heteroatoms. The second kappa shape index (κ2) is 8.05. The van der Waals surface area contributed by atoms with E-state index in [1.807, 2.05) is 0 Å². The summed E-state index contributed by atoms with van der Waals surface area (Å²) in [6.07, 6.45) is 5.28. The Morgan fingerprint density at radius 3 is 1.92 bits per heavy atom. The average molecular weight is 220 g/mol. The molecule has 0 aliphatic rings. The predicted octanol–water partition coefficient (Wildman–Crippen LogP) is 4.26. The Morgan fingerprint density at radius 1 is 1.08 bits per heavy atom. The molecule has 0 aliphatic heterocycles. The molecule has 0 aliphatic carbocycles. The number of rotatable bonds is 8.